The van der Waals surface area contributed by atoms with Crippen molar-refractivity contribution in [1.82, 2.24) is 10.3 Å². The van der Waals surface area contributed by atoms with Gasteiger partial charge >= 0.3 is 5.97 Å². The first-order valence-electron chi connectivity index (χ1n) is 6.55. The Morgan fingerprint density at radius 3 is 2.95 bits per heavy atom. The van der Waals surface area contributed by atoms with Gasteiger partial charge in [-0.25, -0.2) is 4.98 Å². The Bertz CT molecular complexity index is 472. The molecule has 1 fully saturated rings. The zero-order chi connectivity index (χ0) is 13.8. The maximum Gasteiger partial charge on any atom is 0.308 e. The number of nitrogens with zero attached hydrogens (tertiary/aromatic N) is 1. The van der Waals surface area contributed by atoms with E-state index >= 15 is 0 Å². The molecule has 104 valence electrons. The average molecular weight is 282 g/mol. The monoisotopic (exact) mass is 282 g/mol. The van der Waals surface area contributed by atoms with Crippen LogP contribution in [-0.4, -0.2) is 28.0 Å². The second-order valence-electron chi connectivity index (χ2n) is 4.81. The number of amides is 1. The fourth-order valence-corrected chi connectivity index (χ4v) is 3.19. The number of carbonyl (C=O) groups is 2. The minimum Gasteiger partial charge on any atom is -0.481 e. The van der Waals surface area contributed by atoms with Crippen molar-refractivity contribution in [1.29, 1.82) is 0 Å². The predicted molar refractivity (Wildman–Crippen MR) is 72.1 cm³/mol. The van der Waals surface area contributed by atoms with E-state index in [1.807, 2.05) is 12.3 Å². The van der Waals surface area contributed by atoms with E-state index in [1.54, 1.807) is 11.3 Å². The van der Waals surface area contributed by atoms with Gasteiger partial charge in [0.1, 0.15) is 0 Å². The molecule has 19 heavy (non-hydrogen) atoms. The summed E-state index contributed by atoms with van der Waals surface area (Å²) < 4.78 is 0. The van der Waals surface area contributed by atoms with Crippen LogP contribution in [0.25, 0.3) is 0 Å². The summed E-state index contributed by atoms with van der Waals surface area (Å²) >= 11 is 1.55. The molecule has 0 aromatic carbocycles. The van der Waals surface area contributed by atoms with Gasteiger partial charge in [0.15, 0.2) is 0 Å². The molecule has 2 atom stereocenters. The minimum atomic E-state index is -0.815. The number of nitrogens with one attached hydrogen (secondary N) is 1. The van der Waals surface area contributed by atoms with Gasteiger partial charge in [-0.1, -0.05) is 13.3 Å². The van der Waals surface area contributed by atoms with Crippen molar-refractivity contribution in [2.75, 3.05) is 0 Å². The van der Waals surface area contributed by atoms with Gasteiger partial charge in [0.05, 0.1) is 23.0 Å². The third kappa shape index (κ3) is 3.53. The fourth-order valence-electron chi connectivity index (χ4n) is 2.44. The van der Waals surface area contributed by atoms with E-state index in [4.69, 9.17) is 5.11 Å². The van der Waals surface area contributed by atoms with Crippen LogP contribution in [0.4, 0.5) is 0 Å². The Hall–Kier alpha value is -1.43. The number of aliphatic carboxylic acids is 1. The molecule has 1 saturated carbocycles. The molecule has 1 heterocycles. The van der Waals surface area contributed by atoms with Gasteiger partial charge in [-0.2, -0.15) is 0 Å². The lowest BCUT2D eigenvalue weighted by Crippen LogP contribution is -2.40. The van der Waals surface area contributed by atoms with E-state index in [0.717, 1.165) is 30.0 Å². The molecule has 2 rings (SSSR count). The lowest BCUT2D eigenvalue weighted by Gasteiger charge is -2.17. The Labute approximate surface area is 116 Å². The zero-order valence-corrected chi connectivity index (χ0v) is 11.7. The Balaban J connectivity index is 1.88. The molecule has 0 aliphatic heterocycles. The molecule has 1 amide bonds. The summed E-state index contributed by atoms with van der Waals surface area (Å²) in [5, 5.41) is 14.8. The van der Waals surface area contributed by atoms with E-state index in [9.17, 15) is 9.59 Å². The number of rotatable bonds is 5. The zero-order valence-electron chi connectivity index (χ0n) is 10.9. The topological polar surface area (TPSA) is 79.3 Å². The Morgan fingerprint density at radius 1 is 1.53 bits per heavy atom. The first kappa shape index (κ1) is 14.0. The summed E-state index contributed by atoms with van der Waals surface area (Å²) in [6.45, 7) is 2.03. The van der Waals surface area contributed by atoms with Crippen molar-refractivity contribution in [3.05, 3.63) is 16.1 Å². The minimum absolute atomic E-state index is 0.133. The van der Waals surface area contributed by atoms with Crippen LogP contribution in [0.5, 0.6) is 0 Å². The van der Waals surface area contributed by atoms with E-state index in [0.29, 0.717) is 6.42 Å². The van der Waals surface area contributed by atoms with Crippen LogP contribution in [0, 0.1) is 5.92 Å². The van der Waals surface area contributed by atoms with Gasteiger partial charge in [0, 0.05) is 11.4 Å². The van der Waals surface area contributed by atoms with E-state index < -0.39 is 11.9 Å². The largest absolute Gasteiger partial charge is 0.481 e. The number of carboxylic acids is 1. The molecule has 0 unspecified atom stereocenters. The van der Waals surface area contributed by atoms with Gasteiger partial charge in [0.2, 0.25) is 5.91 Å². The predicted octanol–water partition coefficient (Wildman–Crippen LogP) is 1.62. The molecule has 1 aromatic rings. The number of hydrogen-bond acceptors (Lipinski definition) is 4. The summed E-state index contributed by atoms with van der Waals surface area (Å²) in [4.78, 5) is 27.3. The van der Waals surface area contributed by atoms with Crippen molar-refractivity contribution >= 4 is 23.2 Å². The number of aryl methyl sites for hydroxylation is 1. The van der Waals surface area contributed by atoms with Crippen molar-refractivity contribution in [3.8, 4) is 0 Å². The molecule has 1 aliphatic rings. The highest BCUT2D eigenvalue weighted by atomic mass is 32.1. The summed E-state index contributed by atoms with van der Waals surface area (Å²) in [5.74, 6) is -1.39. The van der Waals surface area contributed by atoms with Crippen LogP contribution < -0.4 is 5.32 Å². The summed E-state index contributed by atoms with van der Waals surface area (Å²) in [7, 11) is 0. The van der Waals surface area contributed by atoms with Crippen LogP contribution in [0.2, 0.25) is 0 Å². The van der Waals surface area contributed by atoms with E-state index in [-0.39, 0.29) is 18.4 Å². The first-order chi connectivity index (χ1) is 9.10. The smallest absolute Gasteiger partial charge is 0.308 e. The van der Waals surface area contributed by atoms with Crippen molar-refractivity contribution in [2.24, 2.45) is 5.92 Å². The number of carbonyl (C=O) groups excluding carboxylic acids is 1. The molecule has 0 saturated heterocycles. The third-order valence-corrected chi connectivity index (χ3v) is 4.46. The van der Waals surface area contributed by atoms with Gasteiger partial charge in [0.25, 0.3) is 0 Å². The third-order valence-electron chi connectivity index (χ3n) is 3.42. The second-order valence-corrected chi connectivity index (χ2v) is 5.76. The van der Waals surface area contributed by atoms with Crippen LogP contribution in [0.3, 0.4) is 0 Å². The number of aromatic nitrogens is 1. The lowest BCUT2D eigenvalue weighted by atomic mass is 10.0. The van der Waals surface area contributed by atoms with Crippen LogP contribution in [0.1, 0.15) is 36.9 Å². The van der Waals surface area contributed by atoms with Gasteiger partial charge < -0.3 is 10.4 Å². The van der Waals surface area contributed by atoms with E-state index in [2.05, 4.69) is 10.3 Å². The molecular formula is C13H18N2O3S. The summed E-state index contributed by atoms with van der Waals surface area (Å²) in [6, 6.07) is -0.228. The van der Waals surface area contributed by atoms with E-state index in [1.165, 1.54) is 0 Å². The molecule has 1 aliphatic carbocycles. The maximum absolute atomic E-state index is 11.9. The fraction of sp³-hybridized carbons (Fsp3) is 0.615. The molecular weight excluding hydrogens is 264 g/mol. The Kier molecular flexibility index (Phi) is 4.52. The van der Waals surface area contributed by atoms with Crippen molar-refractivity contribution < 1.29 is 14.7 Å². The van der Waals surface area contributed by atoms with Crippen molar-refractivity contribution in [3.63, 3.8) is 0 Å². The first-order valence-corrected chi connectivity index (χ1v) is 7.43. The second kappa shape index (κ2) is 6.14. The molecule has 0 bridgehead atoms. The number of carboxylic acid groups (broad SMARTS) is 1. The van der Waals surface area contributed by atoms with Gasteiger partial charge in [-0.05, 0) is 19.3 Å². The van der Waals surface area contributed by atoms with Crippen molar-refractivity contribution in [2.45, 2.75) is 45.1 Å². The SMILES string of the molecule is CCc1nc(CC(=O)N[C@@H]2CCC[C@@H]2C(=O)O)cs1. The summed E-state index contributed by atoms with van der Waals surface area (Å²) in [5.41, 5.74) is 0.768. The molecule has 6 heteroatoms. The highest BCUT2D eigenvalue weighted by molar-refractivity contribution is 7.09. The van der Waals surface area contributed by atoms with Gasteiger partial charge in [-0.15, -0.1) is 11.3 Å². The van der Waals surface area contributed by atoms with Gasteiger partial charge in [-0.3, -0.25) is 9.59 Å². The maximum atomic E-state index is 11.9. The molecule has 0 radical (unpaired) electrons. The average Bonchev–Trinajstić information content (AvgIpc) is 2.97. The Morgan fingerprint density at radius 2 is 2.32 bits per heavy atom. The highest BCUT2D eigenvalue weighted by Crippen LogP contribution is 2.25. The highest BCUT2D eigenvalue weighted by Gasteiger charge is 2.33. The molecule has 2 N–H and O–H groups in total. The molecule has 0 spiro atoms. The van der Waals surface area contributed by atoms with Crippen LogP contribution >= 0.6 is 11.3 Å². The summed E-state index contributed by atoms with van der Waals surface area (Å²) in [6.07, 6.45) is 3.37. The number of thiazole rings is 1. The quantitative estimate of drug-likeness (QED) is 0.860. The molecule has 5 nitrogen and oxygen atoms in total. The lowest BCUT2D eigenvalue weighted by molar-refractivity contribution is -0.142. The molecule has 1 aromatic heterocycles. The normalized spacial score (nSPS) is 22.4. The number of hydrogen-bond donors (Lipinski definition) is 2. The standard InChI is InChI=1S/C13H18N2O3S/c1-2-12-14-8(7-19-12)6-11(16)15-10-5-3-4-9(10)13(17)18/h7,9-10H,2-6H2,1H3,(H,15,16)(H,17,18)/t9-,10+/m0/s1. The van der Waals surface area contributed by atoms with Crippen LogP contribution in [0.15, 0.2) is 5.38 Å². The van der Waals surface area contributed by atoms with Crippen LogP contribution in [-0.2, 0) is 22.4 Å².